The Morgan fingerprint density at radius 2 is 0.167 bits per heavy atom. The lowest BCUT2D eigenvalue weighted by Crippen LogP contribution is -1.92. The lowest BCUT2D eigenvalue weighted by atomic mass is 9.98. The number of hydrogen-bond donors (Lipinski definition) is 8. The van der Waals surface area contributed by atoms with Gasteiger partial charge in [-0.1, -0.05) is 430 Å². The van der Waals surface area contributed by atoms with Gasteiger partial charge < -0.3 is 45.9 Å². The van der Waals surface area contributed by atoms with Crippen LogP contribution in [0.2, 0.25) is 0 Å². The summed E-state index contributed by atoms with van der Waals surface area (Å²) in [5.41, 5.74) is 52.4. The van der Waals surface area contributed by atoms with Crippen LogP contribution in [0.5, 0.6) is 0 Å². The van der Waals surface area contributed by atoms with Gasteiger partial charge in [0.2, 0.25) is 0 Å². The molecule has 0 heterocycles. The van der Waals surface area contributed by atoms with Crippen LogP contribution in [0.1, 0.15) is 205 Å². The van der Waals surface area contributed by atoms with Gasteiger partial charge in [-0.15, -0.1) is 0 Å². The fourth-order valence-electron chi connectivity index (χ4n) is 7.70. The summed E-state index contributed by atoms with van der Waals surface area (Å²) in [7, 11) is 12.0. The Hall–Kier alpha value is -8.12. The van der Waals surface area contributed by atoms with Crippen molar-refractivity contribution < 1.29 is 0 Å². The van der Waals surface area contributed by atoms with Crippen LogP contribution in [-0.4, -0.2) is 56.4 Å². The van der Waals surface area contributed by atoms with E-state index in [0.717, 1.165) is 38.5 Å². The van der Waals surface area contributed by atoms with E-state index in [2.05, 4.69) is 301 Å². The maximum absolute atomic E-state index is 4.50. The molecule has 8 heteroatoms. The summed E-state index contributed by atoms with van der Waals surface area (Å²) >= 11 is 0. The first-order valence-electron chi connectivity index (χ1n) is 37.8. The minimum Gasteiger partial charge on any atom is -0.333 e. The van der Waals surface area contributed by atoms with E-state index in [-0.39, 0.29) is 0 Å². The average molecular weight is 1400 g/mol. The molecule has 576 valence electrons. The Morgan fingerprint density at radius 3 is 0.245 bits per heavy atom. The summed E-state index contributed by atoms with van der Waals surface area (Å²) in [4.78, 5) is 0. The molecule has 0 aliphatic rings. The van der Waals surface area contributed by atoms with Crippen LogP contribution in [0, 0.1) is 0 Å². The monoisotopic (exact) mass is 1400 g/mol. The Morgan fingerprint density at radius 1 is 0.108 bits per heavy atom. The molecule has 102 heavy (non-hydrogen) atoms. The van der Waals surface area contributed by atoms with Gasteiger partial charge in [0.15, 0.2) is 0 Å². The standard InChI is InChI=1S/C27H24.C20H18.C13H12.C6H6.10C2H6.8CH5N/c1-3-7-22(8-4-1)19-24-11-15-26(16-12-24)21-27-17-13-25(14-18-27)20-23-9-5-2-6-10-23;1-3-7-17(8-4-1)15-19-11-13-20(14-12-19)16-18-9-5-2-6-10-18;1-3-7-12(8-4-1)11-13-9-5-2-6-10-13;1-2-4-6-5-3-1;18*1-2/h1-18H,19-21H2;1-14H,15-16H2;1-10H,11H2;1-6H;10*1-2H3;8*2H2,1H3. The van der Waals surface area contributed by atoms with Gasteiger partial charge in [0.1, 0.15) is 0 Å². The summed E-state index contributed by atoms with van der Waals surface area (Å²) < 4.78 is 0. The van der Waals surface area contributed by atoms with Crippen LogP contribution in [-0.2, 0) is 38.5 Å². The zero-order chi connectivity index (χ0) is 81.1. The van der Waals surface area contributed by atoms with E-state index in [0.29, 0.717) is 0 Å². The third kappa shape index (κ3) is 76.1. The van der Waals surface area contributed by atoms with Crippen LogP contribution in [0.4, 0.5) is 0 Å². The molecular weight excluding hydrogens is 1240 g/mol. The highest BCUT2D eigenvalue weighted by Crippen LogP contribution is 2.17. The molecule has 0 saturated heterocycles. The van der Waals surface area contributed by atoms with E-state index in [9.17, 15) is 0 Å². The number of hydrogen-bond acceptors (Lipinski definition) is 8. The molecule has 0 unspecified atom stereocenters. The fourth-order valence-corrected chi connectivity index (χ4v) is 7.70. The normalized spacial score (nSPS) is 7.65. The van der Waals surface area contributed by atoms with Gasteiger partial charge in [0, 0.05) is 0 Å². The first kappa shape index (κ1) is 121. The first-order valence-corrected chi connectivity index (χ1v) is 37.8. The van der Waals surface area contributed by atoms with Crippen molar-refractivity contribution in [1.82, 2.24) is 0 Å². The lowest BCUT2D eigenvalue weighted by molar-refractivity contribution is 1.14. The van der Waals surface area contributed by atoms with E-state index < -0.39 is 0 Å². The van der Waals surface area contributed by atoms with E-state index in [1.54, 1.807) is 0 Å². The Balaban J connectivity index is -0.0000000961. The smallest absolute Gasteiger partial charge is 0.00258 e. The molecule has 0 aliphatic heterocycles. The lowest BCUT2D eigenvalue weighted by Gasteiger charge is -2.07. The second-order valence-corrected chi connectivity index (χ2v) is 16.6. The first-order chi connectivity index (χ1) is 50.7. The average Bonchev–Trinajstić information content (AvgIpc) is 0.928. The number of nitrogens with two attached hydrogens (primary N) is 8. The van der Waals surface area contributed by atoms with Crippen LogP contribution in [0.25, 0.3) is 0 Å². The third-order valence-electron chi connectivity index (χ3n) is 11.2. The van der Waals surface area contributed by atoms with Crippen LogP contribution in [0.15, 0.2) is 291 Å². The van der Waals surface area contributed by atoms with Crippen molar-refractivity contribution >= 4 is 0 Å². The quantitative estimate of drug-likeness (QED) is 0.0589. The summed E-state index contributed by atoms with van der Waals surface area (Å²) in [5.74, 6) is 0. The minimum atomic E-state index is 0.983. The SMILES string of the molecule is CC.CC.CC.CC.CC.CC.CC.CC.CC.CC.CN.CN.CN.CN.CN.CN.CN.CN.c1ccc(Cc2ccc(Cc3ccc(Cc4ccccc4)cc3)cc2)cc1.c1ccc(Cc2ccc(Cc3ccccc3)cc2)cc1.c1ccc(Cc2ccccc2)cc1.c1ccccc1. The van der Waals surface area contributed by atoms with Crippen LogP contribution >= 0.6 is 0 Å². The van der Waals surface area contributed by atoms with Gasteiger partial charge >= 0.3 is 0 Å². The molecule has 8 nitrogen and oxygen atoms in total. The van der Waals surface area contributed by atoms with Gasteiger partial charge in [-0.3, -0.25) is 0 Å². The zero-order valence-electron chi connectivity index (χ0n) is 70.6. The molecule has 0 radical (unpaired) electrons. The molecule has 0 amide bonds. The molecular formula is C94H160N8. The van der Waals surface area contributed by atoms with Gasteiger partial charge in [-0.2, -0.15) is 0 Å². The summed E-state index contributed by atoms with van der Waals surface area (Å²) in [6.45, 7) is 40.0. The zero-order valence-corrected chi connectivity index (χ0v) is 70.6. The predicted molar refractivity (Wildman–Crippen MR) is 476 cm³/mol. The second-order valence-electron chi connectivity index (χ2n) is 16.6. The van der Waals surface area contributed by atoms with E-state index in [1.807, 2.05) is 175 Å². The number of benzene rings is 10. The molecule has 0 aliphatic carbocycles. The Kier molecular flexibility index (Phi) is 139. The fraction of sp³-hybridized carbons (Fsp3) is 0.362. The van der Waals surface area contributed by atoms with Gasteiger partial charge in [0.05, 0.1) is 0 Å². The molecule has 0 atom stereocenters. The molecule has 10 aromatic rings. The Bertz CT molecular complexity index is 2580. The summed E-state index contributed by atoms with van der Waals surface area (Å²) in [5, 5.41) is 0. The highest BCUT2D eigenvalue weighted by atomic mass is 14.4. The highest BCUT2D eigenvalue weighted by molar-refractivity contribution is 5.35. The van der Waals surface area contributed by atoms with Crippen molar-refractivity contribution in [1.29, 1.82) is 0 Å². The van der Waals surface area contributed by atoms with E-state index >= 15 is 0 Å². The number of rotatable bonds is 12. The topological polar surface area (TPSA) is 208 Å². The second kappa shape index (κ2) is 117. The van der Waals surface area contributed by atoms with Crippen molar-refractivity contribution in [3.63, 3.8) is 0 Å². The molecule has 10 rings (SSSR count). The van der Waals surface area contributed by atoms with Crippen LogP contribution < -0.4 is 45.9 Å². The summed E-state index contributed by atoms with van der Waals surface area (Å²) in [6.07, 6.45) is 6.02. The molecule has 0 spiro atoms. The van der Waals surface area contributed by atoms with E-state index in [4.69, 9.17) is 0 Å². The molecule has 0 aromatic heterocycles. The van der Waals surface area contributed by atoms with Gasteiger partial charge in [-0.05, 0) is 162 Å². The molecule has 0 saturated carbocycles. The van der Waals surface area contributed by atoms with Crippen molar-refractivity contribution in [3.05, 3.63) is 358 Å². The molecule has 0 bridgehead atoms. The minimum absolute atomic E-state index is 0.983. The van der Waals surface area contributed by atoms with Crippen LogP contribution in [0.3, 0.4) is 0 Å². The highest BCUT2D eigenvalue weighted by Gasteiger charge is 2.02. The van der Waals surface area contributed by atoms with E-state index in [1.165, 1.54) is 123 Å². The van der Waals surface area contributed by atoms with Crippen molar-refractivity contribution in [3.8, 4) is 0 Å². The summed E-state index contributed by atoms with van der Waals surface area (Å²) in [6, 6.07) is 103. The molecule has 10 aromatic carbocycles. The van der Waals surface area contributed by atoms with Gasteiger partial charge in [-0.25, -0.2) is 0 Å². The van der Waals surface area contributed by atoms with Gasteiger partial charge in [0.25, 0.3) is 0 Å². The molecule has 0 fully saturated rings. The van der Waals surface area contributed by atoms with Crippen molar-refractivity contribution in [2.45, 2.75) is 177 Å². The Labute approximate surface area is 633 Å². The van der Waals surface area contributed by atoms with Crippen molar-refractivity contribution in [2.24, 2.45) is 45.9 Å². The predicted octanol–water partition coefficient (Wildman–Crippen LogP) is 23.2. The van der Waals surface area contributed by atoms with Crippen molar-refractivity contribution in [2.75, 3.05) is 56.4 Å². The maximum atomic E-state index is 4.50. The molecule has 16 N–H and O–H groups in total. The maximum Gasteiger partial charge on any atom is -0.00258 e. The largest absolute Gasteiger partial charge is 0.333 e. The third-order valence-corrected chi connectivity index (χ3v) is 11.2.